The van der Waals surface area contributed by atoms with Crippen molar-refractivity contribution in [1.82, 2.24) is 24.6 Å². The van der Waals surface area contributed by atoms with E-state index in [1.54, 1.807) is 29.9 Å². The lowest BCUT2D eigenvalue weighted by Crippen LogP contribution is -2.49. The molecule has 1 aliphatic rings. The summed E-state index contributed by atoms with van der Waals surface area (Å²) in [6, 6.07) is 9.84. The van der Waals surface area contributed by atoms with Gasteiger partial charge in [0.05, 0.1) is 5.69 Å². The number of hydrogen-bond donors (Lipinski definition) is 0. The van der Waals surface area contributed by atoms with Gasteiger partial charge < -0.3 is 14.7 Å². The molecule has 1 amide bonds. The SMILES string of the molecule is Cc1nc(N(C)C)cc(N2CCN(C(=O)c3cc(-c4ccc(F)cc4)nn3C)CC2)n1. The van der Waals surface area contributed by atoms with Crippen molar-refractivity contribution < 1.29 is 9.18 Å². The molecule has 1 saturated heterocycles. The van der Waals surface area contributed by atoms with Crippen LogP contribution < -0.4 is 9.80 Å². The zero-order valence-corrected chi connectivity index (χ0v) is 18.2. The minimum atomic E-state index is -0.301. The summed E-state index contributed by atoms with van der Waals surface area (Å²) < 4.78 is 14.8. The highest BCUT2D eigenvalue weighted by molar-refractivity contribution is 5.94. The number of benzene rings is 1. The Kier molecular flexibility index (Phi) is 5.58. The van der Waals surface area contributed by atoms with Crippen LogP contribution >= 0.6 is 0 Å². The number of hydrogen-bond acceptors (Lipinski definition) is 6. The average molecular weight is 423 g/mol. The third kappa shape index (κ3) is 4.35. The van der Waals surface area contributed by atoms with E-state index in [2.05, 4.69) is 20.0 Å². The minimum Gasteiger partial charge on any atom is -0.363 e. The fourth-order valence-electron chi connectivity index (χ4n) is 3.66. The first-order valence-corrected chi connectivity index (χ1v) is 10.2. The van der Waals surface area contributed by atoms with Crippen LogP contribution in [-0.2, 0) is 7.05 Å². The summed E-state index contributed by atoms with van der Waals surface area (Å²) in [6.45, 7) is 4.46. The first-order chi connectivity index (χ1) is 14.8. The molecule has 162 valence electrons. The number of piperazine rings is 1. The summed E-state index contributed by atoms with van der Waals surface area (Å²) in [4.78, 5) is 28.1. The number of nitrogens with zero attached hydrogens (tertiary/aromatic N) is 7. The molecule has 0 radical (unpaired) electrons. The number of rotatable bonds is 4. The Morgan fingerprint density at radius 2 is 1.71 bits per heavy atom. The van der Waals surface area contributed by atoms with Crippen LogP contribution in [0.5, 0.6) is 0 Å². The third-order valence-corrected chi connectivity index (χ3v) is 5.40. The van der Waals surface area contributed by atoms with E-state index in [0.717, 1.165) is 23.0 Å². The quantitative estimate of drug-likeness (QED) is 0.642. The maximum absolute atomic E-state index is 13.2. The zero-order chi connectivity index (χ0) is 22.1. The predicted molar refractivity (Wildman–Crippen MR) is 118 cm³/mol. The molecule has 1 aliphatic heterocycles. The molecule has 1 aromatic carbocycles. The summed E-state index contributed by atoms with van der Waals surface area (Å²) in [5.74, 6) is 2.11. The predicted octanol–water partition coefficient (Wildman–Crippen LogP) is 2.35. The van der Waals surface area contributed by atoms with E-state index >= 15 is 0 Å². The molecular weight excluding hydrogens is 397 g/mol. The van der Waals surface area contributed by atoms with Crippen molar-refractivity contribution in [1.29, 1.82) is 0 Å². The third-order valence-electron chi connectivity index (χ3n) is 5.40. The van der Waals surface area contributed by atoms with Crippen molar-refractivity contribution in [2.24, 2.45) is 7.05 Å². The van der Waals surface area contributed by atoms with E-state index in [4.69, 9.17) is 0 Å². The lowest BCUT2D eigenvalue weighted by Gasteiger charge is -2.35. The minimum absolute atomic E-state index is 0.0594. The molecule has 4 rings (SSSR count). The number of carbonyl (C=O) groups is 1. The second kappa shape index (κ2) is 8.33. The Morgan fingerprint density at radius 3 is 2.35 bits per heavy atom. The fourth-order valence-corrected chi connectivity index (χ4v) is 3.66. The molecule has 31 heavy (non-hydrogen) atoms. The van der Waals surface area contributed by atoms with Crippen LogP contribution in [0.3, 0.4) is 0 Å². The Hall–Kier alpha value is -3.49. The van der Waals surface area contributed by atoms with Gasteiger partial charge in [-0.1, -0.05) is 0 Å². The number of amides is 1. The van der Waals surface area contributed by atoms with Crippen molar-refractivity contribution in [3.8, 4) is 11.3 Å². The second-order valence-corrected chi connectivity index (χ2v) is 7.85. The smallest absolute Gasteiger partial charge is 0.272 e. The normalized spacial score (nSPS) is 14.1. The first-order valence-electron chi connectivity index (χ1n) is 10.2. The summed E-state index contributed by atoms with van der Waals surface area (Å²) in [6.07, 6.45) is 0. The second-order valence-electron chi connectivity index (χ2n) is 7.85. The fraction of sp³-hybridized carbons (Fsp3) is 0.364. The van der Waals surface area contributed by atoms with E-state index in [0.29, 0.717) is 37.6 Å². The van der Waals surface area contributed by atoms with E-state index in [-0.39, 0.29) is 11.7 Å². The van der Waals surface area contributed by atoms with Crippen LogP contribution in [0.1, 0.15) is 16.3 Å². The number of halogens is 1. The van der Waals surface area contributed by atoms with Crippen molar-refractivity contribution in [2.45, 2.75) is 6.92 Å². The molecule has 1 fully saturated rings. The molecule has 8 nitrogen and oxygen atoms in total. The molecule has 3 heterocycles. The van der Waals surface area contributed by atoms with Gasteiger partial charge in [-0.25, -0.2) is 14.4 Å². The number of aromatic nitrogens is 4. The van der Waals surface area contributed by atoms with Crippen molar-refractivity contribution in [3.63, 3.8) is 0 Å². The first kappa shape index (κ1) is 20.8. The topological polar surface area (TPSA) is 70.4 Å². The molecule has 0 bridgehead atoms. The van der Waals surface area contributed by atoms with Gasteiger partial charge in [-0.3, -0.25) is 9.48 Å². The van der Waals surface area contributed by atoms with Crippen molar-refractivity contribution in [2.75, 3.05) is 50.1 Å². The maximum atomic E-state index is 13.2. The maximum Gasteiger partial charge on any atom is 0.272 e. The van der Waals surface area contributed by atoms with Crippen molar-refractivity contribution in [3.05, 3.63) is 53.7 Å². The van der Waals surface area contributed by atoms with Crippen LogP contribution in [0.25, 0.3) is 11.3 Å². The lowest BCUT2D eigenvalue weighted by molar-refractivity contribution is 0.0735. The molecule has 0 aliphatic carbocycles. The van der Waals surface area contributed by atoms with E-state index < -0.39 is 0 Å². The van der Waals surface area contributed by atoms with E-state index in [1.165, 1.54) is 12.1 Å². The Balaban J connectivity index is 1.46. The van der Waals surface area contributed by atoms with Crippen LogP contribution in [0, 0.1) is 12.7 Å². The van der Waals surface area contributed by atoms with Crippen LogP contribution in [0.15, 0.2) is 36.4 Å². The van der Waals surface area contributed by atoms with Gasteiger partial charge in [-0.05, 0) is 37.3 Å². The van der Waals surface area contributed by atoms with Gasteiger partial charge in [0.2, 0.25) is 0 Å². The molecule has 0 unspecified atom stereocenters. The van der Waals surface area contributed by atoms with Gasteiger partial charge in [0.15, 0.2) is 0 Å². The van der Waals surface area contributed by atoms with Gasteiger partial charge in [0, 0.05) is 59.0 Å². The Morgan fingerprint density at radius 1 is 1.03 bits per heavy atom. The molecule has 9 heteroatoms. The van der Waals surface area contributed by atoms with Crippen LogP contribution in [0.2, 0.25) is 0 Å². The summed E-state index contributed by atoms with van der Waals surface area (Å²) in [5, 5.41) is 4.44. The Bertz CT molecular complexity index is 1090. The van der Waals surface area contributed by atoms with E-state index in [1.807, 2.05) is 36.9 Å². The monoisotopic (exact) mass is 423 g/mol. The molecule has 0 saturated carbocycles. The van der Waals surface area contributed by atoms with Gasteiger partial charge in [0.1, 0.15) is 29.0 Å². The molecule has 0 N–H and O–H groups in total. The number of aryl methyl sites for hydroxylation is 2. The summed E-state index contributed by atoms with van der Waals surface area (Å²) >= 11 is 0. The largest absolute Gasteiger partial charge is 0.363 e. The summed E-state index contributed by atoms with van der Waals surface area (Å²) in [7, 11) is 5.66. The van der Waals surface area contributed by atoms with Gasteiger partial charge in [-0.15, -0.1) is 0 Å². The molecule has 0 spiro atoms. The van der Waals surface area contributed by atoms with E-state index in [9.17, 15) is 9.18 Å². The van der Waals surface area contributed by atoms with Crippen molar-refractivity contribution >= 4 is 17.5 Å². The van der Waals surface area contributed by atoms with Gasteiger partial charge >= 0.3 is 0 Å². The molecule has 0 atom stereocenters. The highest BCUT2D eigenvalue weighted by atomic mass is 19.1. The zero-order valence-electron chi connectivity index (χ0n) is 18.2. The van der Waals surface area contributed by atoms with Gasteiger partial charge in [-0.2, -0.15) is 5.10 Å². The Labute approximate surface area is 180 Å². The van der Waals surface area contributed by atoms with Gasteiger partial charge in [0.25, 0.3) is 5.91 Å². The lowest BCUT2D eigenvalue weighted by atomic mass is 10.1. The number of carbonyl (C=O) groups excluding carboxylic acids is 1. The number of anilines is 2. The highest BCUT2D eigenvalue weighted by Crippen LogP contribution is 2.22. The average Bonchev–Trinajstić information content (AvgIpc) is 3.15. The standard InChI is InChI=1S/C22H26FN7O/c1-15-24-20(27(2)3)14-21(25-15)29-9-11-30(12-10-29)22(31)19-13-18(26-28(19)4)16-5-7-17(23)8-6-16/h5-8,13-14H,9-12H2,1-4H3. The molecule has 2 aromatic heterocycles. The highest BCUT2D eigenvalue weighted by Gasteiger charge is 2.26. The van der Waals surface area contributed by atoms with Crippen LogP contribution in [-0.4, -0.2) is 70.8 Å². The van der Waals surface area contributed by atoms with Crippen LogP contribution in [0.4, 0.5) is 16.0 Å². The summed E-state index contributed by atoms with van der Waals surface area (Å²) in [5.41, 5.74) is 1.94. The molecular formula is C22H26FN7O. The molecule has 3 aromatic rings.